The Morgan fingerprint density at radius 2 is 1.96 bits per heavy atom. The van der Waals surface area contributed by atoms with Gasteiger partial charge in [0, 0.05) is 38.3 Å². The molecule has 7 heteroatoms. The van der Waals surface area contributed by atoms with Crippen molar-refractivity contribution >= 4 is 11.8 Å². The minimum atomic E-state index is -0.236. The zero-order valence-corrected chi connectivity index (χ0v) is 13.2. The predicted octanol–water partition coefficient (Wildman–Crippen LogP) is 1.76. The molecule has 23 heavy (non-hydrogen) atoms. The molecule has 1 aromatic carbocycles. The van der Waals surface area contributed by atoms with E-state index >= 15 is 0 Å². The van der Waals surface area contributed by atoms with Gasteiger partial charge in [0.05, 0.1) is 6.20 Å². The molecule has 0 atom stereocenters. The first-order chi connectivity index (χ1) is 11.3. The van der Waals surface area contributed by atoms with Crippen LogP contribution in [0.15, 0.2) is 30.5 Å². The minimum absolute atomic E-state index is 0.236. The number of benzene rings is 1. The van der Waals surface area contributed by atoms with Crippen LogP contribution in [0.25, 0.3) is 0 Å². The highest BCUT2D eigenvalue weighted by Gasteiger charge is 2.17. The summed E-state index contributed by atoms with van der Waals surface area (Å²) >= 11 is 0. The number of rotatable bonds is 5. The average Bonchev–Trinajstić information content (AvgIpc) is 2.61. The second-order valence-corrected chi connectivity index (χ2v) is 5.50. The first kappa shape index (κ1) is 15.6. The van der Waals surface area contributed by atoms with E-state index in [2.05, 4.69) is 37.2 Å². The normalized spacial score (nSPS) is 15.7. The molecule has 1 aromatic heterocycles. The van der Waals surface area contributed by atoms with Crippen LogP contribution in [-0.4, -0.2) is 52.8 Å². The molecule has 0 amide bonds. The van der Waals surface area contributed by atoms with E-state index < -0.39 is 0 Å². The Kier molecular flexibility index (Phi) is 4.97. The summed E-state index contributed by atoms with van der Waals surface area (Å²) in [5.74, 6) is 0.996. The Balaban J connectivity index is 1.63. The van der Waals surface area contributed by atoms with Crippen LogP contribution in [-0.2, 0) is 6.54 Å². The van der Waals surface area contributed by atoms with E-state index in [0.717, 1.165) is 38.5 Å². The van der Waals surface area contributed by atoms with E-state index in [0.29, 0.717) is 18.1 Å². The monoisotopic (exact) mass is 316 g/mol. The molecule has 1 saturated heterocycles. The molecule has 0 aliphatic carbocycles. The van der Waals surface area contributed by atoms with Crippen LogP contribution in [0, 0.1) is 5.82 Å². The van der Waals surface area contributed by atoms with Gasteiger partial charge in [-0.1, -0.05) is 25.1 Å². The molecule has 2 heterocycles. The second-order valence-electron chi connectivity index (χ2n) is 5.50. The Labute approximate surface area is 135 Å². The zero-order chi connectivity index (χ0) is 16.1. The van der Waals surface area contributed by atoms with Crippen LogP contribution in [0.4, 0.5) is 16.2 Å². The number of hydrogen-bond donors (Lipinski definition) is 1. The molecule has 0 saturated carbocycles. The SMILES string of the molecule is CCN1CCN(c2cnnc(NCc3ccccc3F)n2)CC1. The minimum Gasteiger partial charge on any atom is -0.353 e. The van der Waals surface area contributed by atoms with Gasteiger partial charge < -0.3 is 15.1 Å². The third-order valence-electron chi connectivity index (χ3n) is 4.08. The van der Waals surface area contributed by atoms with Crippen molar-refractivity contribution in [2.75, 3.05) is 42.9 Å². The molecule has 0 spiro atoms. The van der Waals surface area contributed by atoms with Crippen molar-refractivity contribution < 1.29 is 4.39 Å². The highest BCUT2D eigenvalue weighted by Crippen LogP contribution is 2.14. The van der Waals surface area contributed by atoms with Crippen molar-refractivity contribution in [2.45, 2.75) is 13.5 Å². The first-order valence-electron chi connectivity index (χ1n) is 7.90. The first-order valence-corrected chi connectivity index (χ1v) is 7.90. The fourth-order valence-corrected chi connectivity index (χ4v) is 2.63. The van der Waals surface area contributed by atoms with E-state index in [1.54, 1.807) is 18.3 Å². The van der Waals surface area contributed by atoms with Crippen molar-refractivity contribution in [1.82, 2.24) is 20.1 Å². The Hall–Kier alpha value is -2.28. The number of halogens is 1. The van der Waals surface area contributed by atoms with Crippen molar-refractivity contribution in [3.8, 4) is 0 Å². The summed E-state index contributed by atoms with van der Waals surface area (Å²) in [6.45, 7) is 7.49. The Morgan fingerprint density at radius 1 is 1.17 bits per heavy atom. The summed E-state index contributed by atoms with van der Waals surface area (Å²) in [5.41, 5.74) is 0.582. The summed E-state index contributed by atoms with van der Waals surface area (Å²) in [7, 11) is 0. The summed E-state index contributed by atoms with van der Waals surface area (Å²) in [6, 6.07) is 6.67. The molecule has 2 aromatic rings. The summed E-state index contributed by atoms with van der Waals surface area (Å²) in [6.07, 6.45) is 1.68. The molecule has 0 radical (unpaired) electrons. The zero-order valence-electron chi connectivity index (χ0n) is 13.2. The molecule has 1 aliphatic rings. The van der Waals surface area contributed by atoms with Gasteiger partial charge in [0.25, 0.3) is 0 Å². The summed E-state index contributed by atoms with van der Waals surface area (Å²) in [4.78, 5) is 9.10. The molecular formula is C16H21FN6. The van der Waals surface area contributed by atoms with Crippen LogP contribution >= 0.6 is 0 Å². The van der Waals surface area contributed by atoms with Crippen molar-refractivity contribution in [3.63, 3.8) is 0 Å². The third kappa shape index (κ3) is 3.92. The Morgan fingerprint density at radius 3 is 2.70 bits per heavy atom. The van der Waals surface area contributed by atoms with E-state index in [1.165, 1.54) is 6.07 Å². The largest absolute Gasteiger partial charge is 0.353 e. The van der Waals surface area contributed by atoms with Crippen LogP contribution in [0.1, 0.15) is 12.5 Å². The van der Waals surface area contributed by atoms with Crippen LogP contribution in [0.5, 0.6) is 0 Å². The van der Waals surface area contributed by atoms with Gasteiger partial charge in [-0.15, -0.1) is 5.10 Å². The fourth-order valence-electron chi connectivity index (χ4n) is 2.63. The average molecular weight is 316 g/mol. The number of aromatic nitrogens is 3. The maximum absolute atomic E-state index is 13.6. The second kappa shape index (κ2) is 7.32. The quantitative estimate of drug-likeness (QED) is 0.907. The molecule has 0 bridgehead atoms. The van der Waals surface area contributed by atoms with Crippen LogP contribution in [0.3, 0.4) is 0 Å². The summed E-state index contributed by atoms with van der Waals surface area (Å²) < 4.78 is 13.6. The molecular weight excluding hydrogens is 295 g/mol. The lowest BCUT2D eigenvalue weighted by Gasteiger charge is -2.34. The van der Waals surface area contributed by atoms with Gasteiger partial charge in [-0.3, -0.25) is 0 Å². The van der Waals surface area contributed by atoms with Gasteiger partial charge in [-0.2, -0.15) is 10.1 Å². The number of anilines is 2. The Bertz CT molecular complexity index is 642. The maximum Gasteiger partial charge on any atom is 0.244 e. The number of likely N-dealkylation sites (N-methyl/N-ethyl adjacent to an activating group) is 1. The van der Waals surface area contributed by atoms with Gasteiger partial charge in [0.15, 0.2) is 5.82 Å². The van der Waals surface area contributed by atoms with Crippen molar-refractivity contribution in [2.24, 2.45) is 0 Å². The molecule has 0 unspecified atom stereocenters. The molecule has 1 N–H and O–H groups in total. The van der Waals surface area contributed by atoms with E-state index in [1.807, 2.05) is 6.07 Å². The standard InChI is InChI=1S/C16H21FN6/c1-2-22-7-9-23(10-8-22)15-12-19-21-16(20-15)18-11-13-5-3-4-6-14(13)17/h3-6,12H,2,7-11H2,1H3,(H,18,20,21). The highest BCUT2D eigenvalue weighted by atomic mass is 19.1. The van der Waals surface area contributed by atoms with Crippen LogP contribution in [0.2, 0.25) is 0 Å². The molecule has 1 aliphatic heterocycles. The predicted molar refractivity (Wildman–Crippen MR) is 87.9 cm³/mol. The number of hydrogen-bond acceptors (Lipinski definition) is 6. The number of nitrogens with one attached hydrogen (secondary N) is 1. The maximum atomic E-state index is 13.6. The van der Waals surface area contributed by atoms with E-state index in [4.69, 9.17) is 0 Å². The smallest absolute Gasteiger partial charge is 0.244 e. The lowest BCUT2D eigenvalue weighted by atomic mass is 10.2. The van der Waals surface area contributed by atoms with Crippen molar-refractivity contribution in [1.29, 1.82) is 0 Å². The van der Waals surface area contributed by atoms with Crippen LogP contribution < -0.4 is 10.2 Å². The van der Waals surface area contributed by atoms with E-state index in [9.17, 15) is 4.39 Å². The topological polar surface area (TPSA) is 57.2 Å². The van der Waals surface area contributed by atoms with Gasteiger partial charge in [0.2, 0.25) is 5.95 Å². The molecule has 3 rings (SSSR count). The van der Waals surface area contributed by atoms with E-state index in [-0.39, 0.29) is 5.82 Å². The lowest BCUT2D eigenvalue weighted by Crippen LogP contribution is -2.46. The lowest BCUT2D eigenvalue weighted by molar-refractivity contribution is 0.270. The third-order valence-corrected chi connectivity index (χ3v) is 4.08. The van der Waals surface area contributed by atoms with Gasteiger partial charge in [-0.25, -0.2) is 4.39 Å². The number of nitrogens with zero attached hydrogens (tertiary/aromatic N) is 5. The highest BCUT2D eigenvalue weighted by molar-refractivity contribution is 5.41. The van der Waals surface area contributed by atoms with Crippen molar-refractivity contribution in [3.05, 3.63) is 41.8 Å². The van der Waals surface area contributed by atoms with Gasteiger partial charge in [-0.05, 0) is 12.6 Å². The van der Waals surface area contributed by atoms with Gasteiger partial charge in [0.1, 0.15) is 5.82 Å². The number of piperazine rings is 1. The molecule has 122 valence electrons. The van der Waals surface area contributed by atoms with Gasteiger partial charge >= 0.3 is 0 Å². The summed E-state index contributed by atoms with van der Waals surface area (Å²) in [5, 5.41) is 11.0. The fraction of sp³-hybridized carbons (Fsp3) is 0.438. The molecule has 6 nitrogen and oxygen atoms in total. The molecule has 1 fully saturated rings.